The zero-order valence-corrected chi connectivity index (χ0v) is 17.8. The molecule has 0 spiro atoms. The van der Waals surface area contributed by atoms with Crippen LogP contribution >= 0.6 is 11.6 Å². The molecule has 184 valence electrons. The molecule has 6 nitrogen and oxygen atoms in total. The number of amides is 1. The number of hydrogen-bond acceptors (Lipinski definition) is 5. The quantitative estimate of drug-likeness (QED) is 0.562. The van der Waals surface area contributed by atoms with E-state index >= 15 is 0 Å². The van der Waals surface area contributed by atoms with Gasteiger partial charge in [0.2, 0.25) is 0 Å². The topological polar surface area (TPSA) is 89.6 Å². The molecule has 1 aromatic heterocycles. The molecule has 3 rings (SSSR count). The first kappa shape index (κ1) is 25.7. The summed E-state index contributed by atoms with van der Waals surface area (Å²) in [6.45, 7) is -4.91. The average molecular weight is 513 g/mol. The molecule has 3 N–H and O–H groups in total. The van der Waals surface area contributed by atoms with Gasteiger partial charge in [-0.1, -0.05) is 11.6 Å². The molecule has 34 heavy (non-hydrogen) atoms. The van der Waals surface area contributed by atoms with Gasteiger partial charge in [0.05, 0.1) is 17.2 Å². The number of halogens is 8. The molecule has 0 saturated heterocycles. The Morgan fingerprint density at radius 1 is 1.18 bits per heavy atom. The summed E-state index contributed by atoms with van der Waals surface area (Å²) in [6.07, 6.45) is -4.32. The number of amidine groups is 1. The maximum absolute atomic E-state index is 14.6. The van der Waals surface area contributed by atoms with E-state index in [1.54, 1.807) is 0 Å². The molecule has 1 atom stereocenters. The van der Waals surface area contributed by atoms with Crippen LogP contribution < -0.4 is 11.1 Å². The van der Waals surface area contributed by atoms with Crippen molar-refractivity contribution in [1.82, 2.24) is 4.98 Å². The number of nitrogens with zero attached hydrogens (tertiary/aromatic N) is 2. The van der Waals surface area contributed by atoms with Crippen molar-refractivity contribution in [3.05, 3.63) is 58.1 Å². The Kier molecular flexibility index (Phi) is 7.08. The molecule has 0 aliphatic carbocycles. The Bertz CT molecular complexity index is 1120. The van der Waals surface area contributed by atoms with E-state index in [1.165, 1.54) is 0 Å². The molecule has 0 radical (unpaired) electrons. The minimum Gasteiger partial charge on any atom is -0.385 e. The van der Waals surface area contributed by atoms with Gasteiger partial charge >= 0.3 is 6.18 Å². The number of aromatic nitrogens is 1. The summed E-state index contributed by atoms with van der Waals surface area (Å²) in [6, 6.07) is 3.41. The Balaban J connectivity index is 1.94. The van der Waals surface area contributed by atoms with Crippen LogP contribution in [-0.4, -0.2) is 49.0 Å². The average Bonchev–Trinajstić information content (AvgIpc) is 2.79. The van der Waals surface area contributed by atoms with Crippen LogP contribution in [0.15, 0.2) is 35.5 Å². The zero-order chi connectivity index (χ0) is 25.3. The van der Waals surface area contributed by atoms with Gasteiger partial charge in [-0.2, -0.15) is 13.2 Å². The number of hydrogen-bond donors (Lipinski definition) is 2. The first-order valence-corrected chi connectivity index (χ1v) is 9.81. The molecule has 2 aromatic rings. The highest BCUT2D eigenvalue weighted by Gasteiger charge is 2.48. The van der Waals surface area contributed by atoms with Gasteiger partial charge in [-0.25, -0.2) is 22.5 Å². The summed E-state index contributed by atoms with van der Waals surface area (Å²) < 4.78 is 98.7. The maximum Gasteiger partial charge on any atom is 0.417 e. The maximum atomic E-state index is 14.6. The van der Waals surface area contributed by atoms with Gasteiger partial charge in [0, 0.05) is 17.4 Å². The molecule has 0 saturated carbocycles. The monoisotopic (exact) mass is 512 g/mol. The largest absolute Gasteiger partial charge is 0.417 e. The summed E-state index contributed by atoms with van der Waals surface area (Å²) in [7, 11) is 0. The minimum absolute atomic E-state index is 0.131. The van der Waals surface area contributed by atoms with Crippen molar-refractivity contribution in [1.29, 1.82) is 0 Å². The number of ether oxygens (including phenoxy) is 1. The van der Waals surface area contributed by atoms with Gasteiger partial charge in [0.1, 0.15) is 42.9 Å². The lowest BCUT2D eigenvalue weighted by Crippen LogP contribution is -2.58. The third-order valence-electron chi connectivity index (χ3n) is 5.15. The van der Waals surface area contributed by atoms with Gasteiger partial charge in [0.15, 0.2) is 5.60 Å². The van der Waals surface area contributed by atoms with E-state index in [2.05, 4.69) is 15.3 Å². The first-order valence-electron chi connectivity index (χ1n) is 9.43. The van der Waals surface area contributed by atoms with Gasteiger partial charge < -0.3 is 15.8 Å². The summed E-state index contributed by atoms with van der Waals surface area (Å²) in [5.74, 6) is -2.74. The molecule has 2 heterocycles. The molecular weight excluding hydrogens is 497 g/mol. The van der Waals surface area contributed by atoms with Gasteiger partial charge in [0.25, 0.3) is 5.91 Å². The van der Waals surface area contributed by atoms with Crippen LogP contribution in [0.1, 0.15) is 21.6 Å². The number of carbonyl (C=O) groups is 1. The first-order chi connectivity index (χ1) is 15.9. The molecule has 0 bridgehead atoms. The minimum atomic E-state index is -4.73. The highest BCUT2D eigenvalue weighted by Crippen LogP contribution is 2.37. The molecule has 0 unspecified atom stereocenters. The van der Waals surface area contributed by atoms with E-state index in [4.69, 9.17) is 22.1 Å². The number of alkyl halides is 6. The number of benzene rings is 1. The Labute approximate surface area is 193 Å². The number of carbonyl (C=O) groups excluding carboxylic acids is 1. The number of aliphatic imine (C=N–C) groups is 1. The lowest BCUT2D eigenvalue weighted by atomic mass is 9.88. The van der Waals surface area contributed by atoms with Gasteiger partial charge in [-0.05, 0) is 24.3 Å². The van der Waals surface area contributed by atoms with Crippen LogP contribution in [0.3, 0.4) is 0 Å². The van der Waals surface area contributed by atoms with E-state index in [0.29, 0.717) is 12.3 Å². The number of nitrogens with two attached hydrogens (primary N) is 1. The molecular formula is C20H16ClF7N4O2. The summed E-state index contributed by atoms with van der Waals surface area (Å²) in [4.78, 5) is 19.7. The van der Waals surface area contributed by atoms with Crippen LogP contribution in [0.5, 0.6) is 0 Å². The number of rotatable bonds is 6. The fourth-order valence-corrected chi connectivity index (χ4v) is 3.39. The van der Waals surface area contributed by atoms with Crippen LogP contribution in [0, 0.1) is 5.82 Å². The van der Waals surface area contributed by atoms with Crippen molar-refractivity contribution in [2.45, 2.75) is 17.3 Å². The van der Waals surface area contributed by atoms with Crippen molar-refractivity contribution >= 4 is 29.0 Å². The van der Waals surface area contributed by atoms with E-state index in [9.17, 15) is 35.5 Å². The van der Waals surface area contributed by atoms with Crippen LogP contribution in [0.2, 0.25) is 5.02 Å². The molecule has 0 fully saturated rings. The smallest absolute Gasteiger partial charge is 0.385 e. The predicted octanol–water partition coefficient (Wildman–Crippen LogP) is 4.38. The predicted molar refractivity (Wildman–Crippen MR) is 109 cm³/mol. The summed E-state index contributed by atoms with van der Waals surface area (Å²) in [5, 5.41) is 1.66. The summed E-state index contributed by atoms with van der Waals surface area (Å²) >= 11 is 5.75. The highest BCUT2D eigenvalue weighted by molar-refractivity contribution is 6.34. The SMILES string of the molecule is NC1=N[C@](CF)(c2cc(NC(=O)c3ncc(C(F)(F)F)cc3Cl)ccc2F)COC1(CF)CF. The zero-order valence-electron chi connectivity index (χ0n) is 17.0. The summed E-state index contributed by atoms with van der Waals surface area (Å²) in [5.41, 5.74) is -1.02. The fraction of sp³-hybridized carbons (Fsp3) is 0.350. The molecule has 1 aromatic carbocycles. The number of anilines is 1. The van der Waals surface area contributed by atoms with Crippen LogP contribution in [-0.2, 0) is 16.5 Å². The third-order valence-corrected chi connectivity index (χ3v) is 5.44. The van der Waals surface area contributed by atoms with Crippen molar-refractivity contribution in [3.63, 3.8) is 0 Å². The van der Waals surface area contributed by atoms with E-state index in [-0.39, 0.29) is 5.69 Å². The standard InChI is InChI=1S/C20H16ClF7N4O2/c21-13-3-10(20(26,27)28)5-30-15(13)16(33)31-11-1-2-14(25)12(4-11)18(6-22)9-34-19(7-23,8-24)17(29)32-18/h1-5H,6-9H2,(H2,29,32)(H,31,33)/t18-/m0/s1. The Hall–Kier alpha value is -2.93. The van der Waals surface area contributed by atoms with Crippen molar-refractivity contribution in [3.8, 4) is 0 Å². The second-order valence-electron chi connectivity index (χ2n) is 7.41. The van der Waals surface area contributed by atoms with Crippen molar-refractivity contribution in [2.75, 3.05) is 31.9 Å². The lowest BCUT2D eigenvalue weighted by Gasteiger charge is -2.40. The highest BCUT2D eigenvalue weighted by atomic mass is 35.5. The van der Waals surface area contributed by atoms with Crippen molar-refractivity contribution < 1.29 is 40.3 Å². The van der Waals surface area contributed by atoms with E-state index in [0.717, 1.165) is 18.2 Å². The second-order valence-corrected chi connectivity index (χ2v) is 7.82. The van der Waals surface area contributed by atoms with Crippen molar-refractivity contribution in [2.24, 2.45) is 10.7 Å². The third kappa shape index (κ3) is 4.67. The van der Waals surface area contributed by atoms with Crippen LogP contribution in [0.4, 0.5) is 36.4 Å². The molecule has 1 aliphatic rings. The van der Waals surface area contributed by atoms with E-state index in [1.807, 2.05) is 0 Å². The second kappa shape index (κ2) is 9.37. The molecule has 1 aliphatic heterocycles. The van der Waals surface area contributed by atoms with E-state index < -0.39 is 83.4 Å². The number of pyridine rings is 1. The van der Waals surface area contributed by atoms with Gasteiger partial charge in [-0.3, -0.25) is 9.79 Å². The van der Waals surface area contributed by atoms with Gasteiger partial charge in [-0.15, -0.1) is 0 Å². The lowest BCUT2D eigenvalue weighted by molar-refractivity contribution is -0.137. The molecule has 14 heteroatoms. The fourth-order valence-electron chi connectivity index (χ4n) is 3.13. The normalized spacial score (nSPS) is 20.1. The Morgan fingerprint density at radius 3 is 2.38 bits per heavy atom. The number of nitrogens with one attached hydrogen (secondary N) is 1. The Morgan fingerprint density at radius 2 is 1.85 bits per heavy atom. The van der Waals surface area contributed by atoms with Crippen LogP contribution in [0.25, 0.3) is 0 Å². The molecule has 1 amide bonds.